The number of fused-ring (bicyclic) bond motifs is 1. The summed E-state index contributed by atoms with van der Waals surface area (Å²) in [5.41, 5.74) is 3.24. The highest BCUT2D eigenvalue weighted by molar-refractivity contribution is 5.94. The van der Waals surface area contributed by atoms with Crippen LogP contribution < -0.4 is 4.90 Å². The van der Waals surface area contributed by atoms with Crippen molar-refractivity contribution in [2.24, 2.45) is 7.05 Å². The van der Waals surface area contributed by atoms with Gasteiger partial charge in [0.25, 0.3) is 0 Å². The Kier molecular flexibility index (Phi) is 2.81. The molecule has 1 aromatic heterocycles. The van der Waals surface area contributed by atoms with Gasteiger partial charge in [-0.25, -0.2) is 0 Å². The van der Waals surface area contributed by atoms with Crippen LogP contribution in [0.1, 0.15) is 28.7 Å². The zero-order valence-corrected chi connectivity index (χ0v) is 11.1. The predicted octanol–water partition coefficient (Wildman–Crippen LogP) is 1.58. The monoisotopic (exact) mass is 256 g/mol. The molecule has 2 heterocycles. The fraction of sp³-hybridized carbons (Fsp3) is 0.357. The molecule has 1 aliphatic heterocycles. The SMILES string of the molecule is CC(=O)c1ccc2c(c1)CCN2Cc1nncn1C. The molecular formula is C14H16N4O. The van der Waals surface area contributed by atoms with Gasteiger partial charge in [0, 0.05) is 24.8 Å². The van der Waals surface area contributed by atoms with Crippen LogP contribution in [-0.4, -0.2) is 27.1 Å². The third-order valence-electron chi connectivity index (χ3n) is 3.62. The molecule has 0 atom stereocenters. The van der Waals surface area contributed by atoms with Gasteiger partial charge >= 0.3 is 0 Å². The zero-order valence-electron chi connectivity index (χ0n) is 11.1. The van der Waals surface area contributed by atoms with Crippen molar-refractivity contribution in [1.29, 1.82) is 0 Å². The Morgan fingerprint density at radius 3 is 2.95 bits per heavy atom. The Hall–Kier alpha value is -2.17. The first kappa shape index (κ1) is 11.9. The molecule has 5 heteroatoms. The number of carbonyl (C=O) groups excluding carboxylic acids is 1. The summed E-state index contributed by atoms with van der Waals surface area (Å²) in [6.45, 7) is 3.32. The maximum Gasteiger partial charge on any atom is 0.159 e. The molecule has 0 aliphatic carbocycles. The van der Waals surface area contributed by atoms with E-state index >= 15 is 0 Å². The molecule has 0 bridgehead atoms. The number of anilines is 1. The Bertz CT molecular complexity index is 632. The van der Waals surface area contributed by atoms with Crippen molar-refractivity contribution < 1.29 is 4.79 Å². The van der Waals surface area contributed by atoms with Crippen molar-refractivity contribution in [1.82, 2.24) is 14.8 Å². The molecule has 0 fully saturated rings. The van der Waals surface area contributed by atoms with E-state index in [2.05, 4.69) is 15.1 Å². The lowest BCUT2D eigenvalue weighted by atomic mass is 10.1. The molecule has 0 saturated carbocycles. The highest BCUT2D eigenvalue weighted by Crippen LogP contribution is 2.29. The number of carbonyl (C=O) groups is 1. The van der Waals surface area contributed by atoms with Gasteiger partial charge in [-0.2, -0.15) is 0 Å². The van der Waals surface area contributed by atoms with Gasteiger partial charge in [-0.3, -0.25) is 4.79 Å². The van der Waals surface area contributed by atoms with Gasteiger partial charge in [0.2, 0.25) is 0 Å². The molecule has 98 valence electrons. The van der Waals surface area contributed by atoms with Crippen molar-refractivity contribution in [3.63, 3.8) is 0 Å². The van der Waals surface area contributed by atoms with E-state index in [1.807, 2.05) is 29.8 Å². The van der Waals surface area contributed by atoms with E-state index in [1.165, 1.54) is 11.3 Å². The fourth-order valence-corrected chi connectivity index (χ4v) is 2.47. The van der Waals surface area contributed by atoms with E-state index in [0.717, 1.165) is 30.9 Å². The van der Waals surface area contributed by atoms with Gasteiger partial charge in [0.1, 0.15) is 6.33 Å². The number of rotatable bonds is 3. The maximum absolute atomic E-state index is 11.4. The number of aryl methyl sites for hydroxylation is 1. The standard InChI is InChI=1S/C14H16N4O/c1-10(19)11-3-4-13-12(7-11)5-6-18(13)8-14-16-15-9-17(14)2/h3-4,7,9H,5-6,8H2,1-2H3. The maximum atomic E-state index is 11.4. The average molecular weight is 256 g/mol. The lowest BCUT2D eigenvalue weighted by Gasteiger charge is -2.18. The quantitative estimate of drug-likeness (QED) is 0.782. The number of hydrogen-bond donors (Lipinski definition) is 0. The third kappa shape index (κ3) is 2.12. The molecule has 0 saturated heterocycles. The van der Waals surface area contributed by atoms with Crippen molar-refractivity contribution >= 4 is 11.5 Å². The van der Waals surface area contributed by atoms with Crippen LogP contribution >= 0.6 is 0 Å². The number of Topliss-reactive ketones (excluding diaryl/α,β-unsaturated/α-hetero) is 1. The van der Waals surface area contributed by atoms with Crippen molar-refractivity contribution in [3.8, 4) is 0 Å². The molecule has 0 amide bonds. The summed E-state index contributed by atoms with van der Waals surface area (Å²) in [6, 6.07) is 5.94. The first-order valence-corrected chi connectivity index (χ1v) is 6.37. The summed E-state index contributed by atoms with van der Waals surface area (Å²) in [5, 5.41) is 8.01. The Labute approximate surface area is 111 Å². The molecule has 1 aromatic carbocycles. The van der Waals surface area contributed by atoms with Gasteiger partial charge in [-0.15, -0.1) is 10.2 Å². The molecule has 3 rings (SSSR count). The van der Waals surface area contributed by atoms with Crippen LogP contribution in [0.15, 0.2) is 24.5 Å². The van der Waals surface area contributed by atoms with Crippen LogP contribution in [0.5, 0.6) is 0 Å². The van der Waals surface area contributed by atoms with Crippen molar-refractivity contribution in [2.45, 2.75) is 19.9 Å². The van der Waals surface area contributed by atoms with Crippen LogP contribution in [0, 0.1) is 0 Å². The molecule has 1 aliphatic rings. The highest BCUT2D eigenvalue weighted by atomic mass is 16.1. The number of ketones is 1. The summed E-state index contributed by atoms with van der Waals surface area (Å²) in [7, 11) is 1.95. The van der Waals surface area contributed by atoms with E-state index < -0.39 is 0 Å². The minimum Gasteiger partial charge on any atom is -0.363 e. The summed E-state index contributed by atoms with van der Waals surface area (Å²) in [6.07, 6.45) is 2.69. The highest BCUT2D eigenvalue weighted by Gasteiger charge is 2.21. The summed E-state index contributed by atoms with van der Waals surface area (Å²) in [4.78, 5) is 13.7. The van der Waals surface area contributed by atoms with Crippen LogP contribution in [0.4, 0.5) is 5.69 Å². The number of hydrogen-bond acceptors (Lipinski definition) is 4. The molecule has 2 aromatic rings. The zero-order chi connectivity index (χ0) is 13.4. The van der Waals surface area contributed by atoms with E-state index in [-0.39, 0.29) is 5.78 Å². The molecule has 0 unspecified atom stereocenters. The Balaban J connectivity index is 1.86. The van der Waals surface area contributed by atoms with Gasteiger partial charge in [-0.05, 0) is 37.1 Å². The number of aromatic nitrogens is 3. The molecule has 19 heavy (non-hydrogen) atoms. The number of benzene rings is 1. The van der Waals surface area contributed by atoms with Gasteiger partial charge in [0.05, 0.1) is 6.54 Å². The van der Waals surface area contributed by atoms with Crippen molar-refractivity contribution in [2.75, 3.05) is 11.4 Å². The second kappa shape index (κ2) is 4.50. The Morgan fingerprint density at radius 2 is 2.26 bits per heavy atom. The van der Waals surface area contributed by atoms with Crippen LogP contribution in [-0.2, 0) is 20.0 Å². The molecule has 0 N–H and O–H groups in total. The van der Waals surface area contributed by atoms with Gasteiger partial charge in [-0.1, -0.05) is 0 Å². The van der Waals surface area contributed by atoms with Gasteiger partial charge < -0.3 is 9.47 Å². The number of nitrogens with zero attached hydrogens (tertiary/aromatic N) is 4. The minimum absolute atomic E-state index is 0.120. The fourth-order valence-electron chi connectivity index (χ4n) is 2.47. The topological polar surface area (TPSA) is 51.0 Å². The Morgan fingerprint density at radius 1 is 1.42 bits per heavy atom. The van der Waals surface area contributed by atoms with Gasteiger partial charge in [0.15, 0.2) is 11.6 Å². The summed E-state index contributed by atoms with van der Waals surface area (Å²) >= 11 is 0. The summed E-state index contributed by atoms with van der Waals surface area (Å²) < 4.78 is 1.93. The second-order valence-electron chi connectivity index (χ2n) is 4.93. The molecule has 0 spiro atoms. The average Bonchev–Trinajstić information content (AvgIpc) is 2.97. The molecule has 0 radical (unpaired) electrons. The molecule has 5 nitrogen and oxygen atoms in total. The second-order valence-corrected chi connectivity index (χ2v) is 4.93. The summed E-state index contributed by atoms with van der Waals surface area (Å²) in [5.74, 6) is 1.07. The predicted molar refractivity (Wildman–Crippen MR) is 72.2 cm³/mol. The minimum atomic E-state index is 0.120. The van der Waals surface area contributed by atoms with E-state index in [0.29, 0.717) is 0 Å². The first-order chi connectivity index (χ1) is 9.15. The van der Waals surface area contributed by atoms with E-state index in [9.17, 15) is 4.79 Å². The smallest absolute Gasteiger partial charge is 0.159 e. The van der Waals surface area contributed by atoms with Crippen LogP contribution in [0.2, 0.25) is 0 Å². The lowest BCUT2D eigenvalue weighted by Crippen LogP contribution is -2.21. The molecular weight excluding hydrogens is 240 g/mol. The lowest BCUT2D eigenvalue weighted by molar-refractivity contribution is 0.101. The van der Waals surface area contributed by atoms with Crippen LogP contribution in [0.3, 0.4) is 0 Å². The normalized spacial score (nSPS) is 13.7. The van der Waals surface area contributed by atoms with E-state index in [4.69, 9.17) is 0 Å². The first-order valence-electron chi connectivity index (χ1n) is 6.37. The van der Waals surface area contributed by atoms with E-state index in [1.54, 1.807) is 13.3 Å². The van der Waals surface area contributed by atoms with Crippen LogP contribution in [0.25, 0.3) is 0 Å². The largest absolute Gasteiger partial charge is 0.363 e. The van der Waals surface area contributed by atoms with Crippen molar-refractivity contribution in [3.05, 3.63) is 41.5 Å². The third-order valence-corrected chi connectivity index (χ3v) is 3.62.